The van der Waals surface area contributed by atoms with Crippen molar-refractivity contribution in [3.8, 4) is 0 Å². The van der Waals surface area contributed by atoms with Crippen LogP contribution in [-0.2, 0) is 9.59 Å². The number of thiophene rings is 1. The zero-order valence-electron chi connectivity index (χ0n) is 5.69. The fraction of sp³-hybridized carbons (Fsp3) is 0.143. The minimum atomic E-state index is -0.387. The summed E-state index contributed by atoms with van der Waals surface area (Å²) in [6.45, 7) is 0. The molecule has 1 heterocycles. The molecule has 0 unspecified atom stereocenters. The number of amides is 1. The standard InChI is InChI=1S/C7H6NO2S/c9-4-3-6(10)8-7-2-1-5-11-7/h1-2,4-5H,3H2. The zero-order chi connectivity index (χ0) is 8.10. The Morgan fingerprint density at radius 2 is 2.55 bits per heavy atom. The third kappa shape index (κ3) is 2.51. The van der Waals surface area contributed by atoms with Crippen LogP contribution >= 0.6 is 11.3 Å². The Balaban J connectivity index is 2.43. The number of hydrogen-bond acceptors (Lipinski definition) is 3. The number of rotatable bonds is 3. The van der Waals surface area contributed by atoms with E-state index in [1.54, 1.807) is 12.1 Å². The summed E-state index contributed by atoms with van der Waals surface area (Å²) in [5, 5.41) is 6.13. The molecule has 0 aromatic carbocycles. The van der Waals surface area contributed by atoms with E-state index in [1.807, 2.05) is 5.38 Å². The smallest absolute Gasteiger partial charge is 0.254 e. The van der Waals surface area contributed by atoms with Gasteiger partial charge in [-0.05, 0) is 17.5 Å². The van der Waals surface area contributed by atoms with E-state index in [1.165, 1.54) is 11.3 Å². The Bertz CT molecular complexity index is 243. The van der Waals surface area contributed by atoms with Gasteiger partial charge in [0.25, 0.3) is 5.91 Å². The molecule has 0 spiro atoms. The maximum Gasteiger partial charge on any atom is 0.254 e. The zero-order valence-corrected chi connectivity index (χ0v) is 6.50. The summed E-state index contributed by atoms with van der Waals surface area (Å²) in [6.07, 6.45) is 0.428. The molecule has 0 aliphatic carbocycles. The Labute approximate surface area is 68.0 Å². The van der Waals surface area contributed by atoms with Crippen LogP contribution in [-0.4, -0.2) is 12.2 Å². The van der Waals surface area contributed by atoms with Gasteiger partial charge in [0.2, 0.25) is 0 Å². The lowest BCUT2D eigenvalue weighted by molar-refractivity contribution is -0.123. The maximum absolute atomic E-state index is 10.7. The average Bonchev–Trinajstić information content (AvgIpc) is 2.40. The van der Waals surface area contributed by atoms with Gasteiger partial charge in [0, 0.05) is 0 Å². The Kier molecular flexibility index (Phi) is 2.80. The van der Waals surface area contributed by atoms with E-state index in [-0.39, 0.29) is 12.3 Å². The van der Waals surface area contributed by atoms with E-state index >= 15 is 0 Å². The summed E-state index contributed by atoms with van der Waals surface area (Å²) in [6, 6.07) is 3.53. The first kappa shape index (κ1) is 7.94. The molecule has 57 valence electrons. The van der Waals surface area contributed by atoms with Crippen LogP contribution in [0, 0.1) is 0 Å². The molecule has 1 amide bonds. The van der Waals surface area contributed by atoms with Gasteiger partial charge in [-0.15, -0.1) is 11.3 Å². The van der Waals surface area contributed by atoms with E-state index in [2.05, 4.69) is 5.32 Å². The molecule has 0 aliphatic heterocycles. The molecule has 3 nitrogen and oxygen atoms in total. The van der Waals surface area contributed by atoms with Gasteiger partial charge in [-0.1, -0.05) is 0 Å². The molecule has 0 atom stereocenters. The topological polar surface area (TPSA) is 48.2 Å². The highest BCUT2D eigenvalue weighted by atomic mass is 32.1. The second-order valence-electron chi connectivity index (χ2n) is 1.83. The van der Waals surface area contributed by atoms with Gasteiger partial charge in [-0.25, -0.2) is 5.32 Å². The van der Waals surface area contributed by atoms with Crippen LogP contribution in [0.5, 0.6) is 0 Å². The van der Waals surface area contributed by atoms with Crippen LogP contribution in [0.25, 0.3) is 0 Å². The summed E-state index contributed by atoms with van der Waals surface area (Å²) in [5.41, 5.74) is 0. The van der Waals surface area contributed by atoms with E-state index < -0.39 is 0 Å². The second kappa shape index (κ2) is 3.88. The third-order valence-corrected chi connectivity index (χ3v) is 1.76. The highest BCUT2D eigenvalue weighted by molar-refractivity contribution is 7.13. The molecule has 0 bridgehead atoms. The van der Waals surface area contributed by atoms with Gasteiger partial charge in [0.05, 0.1) is 6.42 Å². The molecule has 4 heteroatoms. The molecular weight excluding hydrogens is 162 g/mol. The summed E-state index contributed by atoms with van der Waals surface area (Å²) in [5.74, 6) is -0.387. The fourth-order valence-electron chi connectivity index (χ4n) is 0.573. The summed E-state index contributed by atoms with van der Waals surface area (Å²) < 4.78 is 0. The molecule has 1 aromatic heterocycles. The molecule has 0 saturated heterocycles. The molecule has 0 saturated carbocycles. The van der Waals surface area contributed by atoms with Gasteiger partial charge in [0.1, 0.15) is 11.3 Å². The van der Waals surface area contributed by atoms with Crippen molar-refractivity contribution in [1.29, 1.82) is 0 Å². The normalized spacial score (nSPS) is 9.09. The number of aldehydes is 1. The number of carbonyl (C=O) groups is 2. The molecule has 0 N–H and O–H groups in total. The SMILES string of the molecule is O=CCC(=O)[N]c1cccs1. The lowest BCUT2D eigenvalue weighted by Gasteiger charge is -1.91. The first-order valence-electron chi connectivity index (χ1n) is 3.04. The van der Waals surface area contributed by atoms with Gasteiger partial charge in [-0.3, -0.25) is 4.79 Å². The van der Waals surface area contributed by atoms with E-state index in [4.69, 9.17) is 0 Å². The van der Waals surface area contributed by atoms with Crippen molar-refractivity contribution >= 4 is 28.5 Å². The van der Waals surface area contributed by atoms with E-state index in [0.717, 1.165) is 0 Å². The minimum Gasteiger partial charge on any atom is -0.303 e. The highest BCUT2D eigenvalue weighted by Gasteiger charge is 2.02. The summed E-state index contributed by atoms with van der Waals surface area (Å²) >= 11 is 1.37. The van der Waals surface area contributed by atoms with Crippen LogP contribution < -0.4 is 5.32 Å². The maximum atomic E-state index is 10.7. The van der Waals surface area contributed by atoms with Crippen molar-refractivity contribution in [3.63, 3.8) is 0 Å². The van der Waals surface area contributed by atoms with Crippen molar-refractivity contribution in [2.24, 2.45) is 0 Å². The molecule has 0 fully saturated rings. The number of hydrogen-bond donors (Lipinski definition) is 0. The van der Waals surface area contributed by atoms with Crippen molar-refractivity contribution in [1.82, 2.24) is 5.32 Å². The summed E-state index contributed by atoms with van der Waals surface area (Å²) in [4.78, 5) is 20.6. The number of carbonyl (C=O) groups excluding carboxylic acids is 2. The monoisotopic (exact) mass is 168 g/mol. The summed E-state index contributed by atoms with van der Waals surface area (Å²) in [7, 11) is 0. The van der Waals surface area contributed by atoms with E-state index in [9.17, 15) is 9.59 Å². The predicted molar refractivity (Wildman–Crippen MR) is 41.8 cm³/mol. The Hall–Kier alpha value is -1.16. The van der Waals surface area contributed by atoms with Crippen molar-refractivity contribution in [2.45, 2.75) is 6.42 Å². The molecule has 1 rings (SSSR count). The first-order valence-corrected chi connectivity index (χ1v) is 3.92. The van der Waals surface area contributed by atoms with Gasteiger partial charge >= 0.3 is 0 Å². The minimum absolute atomic E-state index is 0.127. The molecular formula is C7H6NO2S. The second-order valence-corrected chi connectivity index (χ2v) is 2.75. The van der Waals surface area contributed by atoms with Gasteiger partial charge in [-0.2, -0.15) is 0 Å². The van der Waals surface area contributed by atoms with Crippen LogP contribution in [0.2, 0.25) is 0 Å². The fourth-order valence-corrected chi connectivity index (χ4v) is 1.18. The van der Waals surface area contributed by atoms with Crippen molar-refractivity contribution < 1.29 is 9.59 Å². The van der Waals surface area contributed by atoms with Crippen LogP contribution in [0.1, 0.15) is 6.42 Å². The highest BCUT2D eigenvalue weighted by Crippen LogP contribution is 2.14. The van der Waals surface area contributed by atoms with E-state index in [0.29, 0.717) is 11.3 Å². The third-order valence-electron chi connectivity index (χ3n) is 0.999. The quantitative estimate of drug-likeness (QED) is 0.501. The Morgan fingerprint density at radius 1 is 1.73 bits per heavy atom. The Morgan fingerprint density at radius 3 is 3.09 bits per heavy atom. The largest absolute Gasteiger partial charge is 0.303 e. The van der Waals surface area contributed by atoms with Crippen LogP contribution in [0.3, 0.4) is 0 Å². The first-order chi connectivity index (χ1) is 5.33. The lowest BCUT2D eigenvalue weighted by Crippen LogP contribution is -2.08. The molecule has 0 aliphatic rings. The van der Waals surface area contributed by atoms with Crippen LogP contribution in [0.15, 0.2) is 17.5 Å². The lowest BCUT2D eigenvalue weighted by atomic mass is 10.4. The number of nitrogens with zero attached hydrogens (tertiary/aromatic N) is 1. The average molecular weight is 168 g/mol. The molecule has 1 radical (unpaired) electrons. The predicted octanol–water partition coefficient (Wildman–Crippen LogP) is 1.10. The van der Waals surface area contributed by atoms with Crippen molar-refractivity contribution in [2.75, 3.05) is 0 Å². The van der Waals surface area contributed by atoms with Crippen molar-refractivity contribution in [3.05, 3.63) is 17.5 Å². The van der Waals surface area contributed by atoms with Crippen LogP contribution in [0.4, 0.5) is 5.00 Å². The molecule has 1 aromatic rings. The van der Waals surface area contributed by atoms with Gasteiger partial charge in [0.15, 0.2) is 0 Å². The molecule has 11 heavy (non-hydrogen) atoms. The van der Waals surface area contributed by atoms with Gasteiger partial charge < -0.3 is 4.79 Å².